The normalized spacial score (nSPS) is 10.4. The van der Waals surface area contributed by atoms with Gasteiger partial charge in [0.2, 0.25) is 0 Å². The minimum Gasteiger partial charge on any atom is -0.495 e. The predicted octanol–water partition coefficient (Wildman–Crippen LogP) is 2.56. The van der Waals surface area contributed by atoms with Crippen molar-refractivity contribution in [3.05, 3.63) is 30.0 Å². The van der Waals surface area contributed by atoms with E-state index in [1.54, 1.807) is 13.3 Å². The minimum absolute atomic E-state index is 0.468. The molecule has 0 bridgehead atoms. The molecule has 2 rings (SSSR count). The summed E-state index contributed by atoms with van der Waals surface area (Å²) in [6.07, 6.45) is 1.59. The van der Waals surface area contributed by atoms with Crippen LogP contribution in [0.5, 0.6) is 5.75 Å². The Morgan fingerprint density at radius 2 is 2.29 bits per heavy atom. The average Bonchev–Trinajstić information content (AvgIpc) is 2.60. The second-order valence-corrected chi connectivity index (χ2v) is 3.20. The summed E-state index contributed by atoms with van der Waals surface area (Å²) in [5.41, 5.74) is 1.26. The second kappa shape index (κ2) is 3.35. The Hall–Kier alpha value is -1.48. The first-order valence-corrected chi connectivity index (χ1v) is 4.45. The van der Waals surface area contributed by atoms with Crippen LogP contribution in [-0.4, -0.2) is 17.3 Å². The highest BCUT2D eigenvalue weighted by molar-refractivity contribution is 6.68. The van der Waals surface area contributed by atoms with Crippen LogP contribution in [0.3, 0.4) is 0 Å². The van der Waals surface area contributed by atoms with Crippen molar-refractivity contribution < 1.29 is 9.53 Å². The van der Waals surface area contributed by atoms with Crippen LogP contribution in [0.15, 0.2) is 24.4 Å². The van der Waals surface area contributed by atoms with Crippen molar-refractivity contribution in [2.75, 3.05) is 7.11 Å². The highest BCUT2D eigenvalue weighted by atomic mass is 35.5. The van der Waals surface area contributed by atoms with Crippen LogP contribution in [0.2, 0.25) is 0 Å². The fraction of sp³-hybridized carbons (Fsp3) is 0.100. The van der Waals surface area contributed by atoms with Crippen molar-refractivity contribution in [3.63, 3.8) is 0 Å². The number of ether oxygens (including phenoxy) is 1. The van der Waals surface area contributed by atoms with E-state index < -0.39 is 5.24 Å². The van der Waals surface area contributed by atoms with Gasteiger partial charge in [-0.3, -0.25) is 4.79 Å². The van der Waals surface area contributed by atoms with Gasteiger partial charge in [0.1, 0.15) is 5.75 Å². The number of nitrogens with one attached hydrogen (secondary N) is 1. The number of para-hydroxylation sites is 1. The number of carbonyl (C=O) groups excluding carboxylic acids is 1. The third-order valence-electron chi connectivity index (χ3n) is 2.11. The number of methoxy groups -OCH3 is 1. The SMILES string of the molecule is COc1cccc2c(C(=O)Cl)c[nH]c12. The van der Waals surface area contributed by atoms with Gasteiger partial charge in [0.25, 0.3) is 5.24 Å². The fourth-order valence-corrected chi connectivity index (χ4v) is 1.62. The number of aromatic amines is 1. The number of hydrogen-bond acceptors (Lipinski definition) is 2. The number of hydrogen-bond donors (Lipinski definition) is 1. The van der Waals surface area contributed by atoms with Gasteiger partial charge >= 0.3 is 0 Å². The van der Waals surface area contributed by atoms with E-state index in [9.17, 15) is 4.79 Å². The third kappa shape index (κ3) is 1.26. The van der Waals surface area contributed by atoms with Gasteiger partial charge in [-0.2, -0.15) is 0 Å². The van der Waals surface area contributed by atoms with Crippen LogP contribution in [0, 0.1) is 0 Å². The maximum absolute atomic E-state index is 11.0. The lowest BCUT2D eigenvalue weighted by Crippen LogP contribution is -1.86. The molecule has 0 spiro atoms. The largest absolute Gasteiger partial charge is 0.495 e. The molecule has 0 saturated heterocycles. The average molecular weight is 210 g/mol. The lowest BCUT2D eigenvalue weighted by atomic mass is 10.2. The molecule has 72 valence electrons. The molecule has 0 unspecified atom stereocenters. The van der Waals surface area contributed by atoms with Gasteiger partial charge < -0.3 is 9.72 Å². The molecule has 1 heterocycles. The second-order valence-electron chi connectivity index (χ2n) is 2.86. The molecule has 0 amide bonds. The van der Waals surface area contributed by atoms with E-state index in [1.165, 1.54) is 0 Å². The minimum atomic E-state index is -0.468. The van der Waals surface area contributed by atoms with E-state index in [0.29, 0.717) is 11.3 Å². The van der Waals surface area contributed by atoms with Gasteiger partial charge in [-0.15, -0.1) is 0 Å². The summed E-state index contributed by atoms with van der Waals surface area (Å²) in [5, 5.41) is 0.314. The predicted molar refractivity (Wildman–Crippen MR) is 55.0 cm³/mol. The molecule has 1 aromatic heterocycles. The molecule has 0 atom stereocenters. The smallest absolute Gasteiger partial charge is 0.254 e. The monoisotopic (exact) mass is 209 g/mol. The quantitative estimate of drug-likeness (QED) is 0.773. The fourth-order valence-electron chi connectivity index (χ4n) is 1.46. The molecule has 0 saturated carbocycles. The van der Waals surface area contributed by atoms with E-state index >= 15 is 0 Å². The molecule has 0 aliphatic rings. The van der Waals surface area contributed by atoms with Gasteiger partial charge in [0.15, 0.2) is 0 Å². The molecule has 0 fully saturated rings. The zero-order chi connectivity index (χ0) is 10.1. The Balaban J connectivity index is 2.75. The molecule has 4 heteroatoms. The van der Waals surface area contributed by atoms with Gasteiger partial charge in [-0.25, -0.2) is 0 Å². The highest BCUT2D eigenvalue weighted by Gasteiger charge is 2.11. The number of rotatable bonds is 2. The molecular formula is C10H8ClNO2. The van der Waals surface area contributed by atoms with Crippen molar-refractivity contribution >= 4 is 27.7 Å². The van der Waals surface area contributed by atoms with Crippen LogP contribution in [0.25, 0.3) is 10.9 Å². The van der Waals surface area contributed by atoms with Gasteiger partial charge in [0, 0.05) is 11.6 Å². The van der Waals surface area contributed by atoms with Crippen LogP contribution < -0.4 is 4.74 Å². The lowest BCUT2D eigenvalue weighted by molar-refractivity contribution is 0.108. The summed E-state index contributed by atoms with van der Waals surface area (Å²) in [6.45, 7) is 0. The molecule has 0 radical (unpaired) electrons. The zero-order valence-electron chi connectivity index (χ0n) is 7.50. The topological polar surface area (TPSA) is 42.1 Å². The molecule has 0 aliphatic heterocycles. The van der Waals surface area contributed by atoms with E-state index in [-0.39, 0.29) is 0 Å². The Bertz CT molecular complexity index is 490. The lowest BCUT2D eigenvalue weighted by Gasteiger charge is -2.00. The zero-order valence-corrected chi connectivity index (χ0v) is 8.26. The summed E-state index contributed by atoms with van der Waals surface area (Å²) in [5.74, 6) is 0.701. The van der Waals surface area contributed by atoms with Crippen molar-refractivity contribution in [3.8, 4) is 5.75 Å². The number of benzene rings is 1. The van der Waals surface area contributed by atoms with Crippen LogP contribution in [0.1, 0.15) is 10.4 Å². The van der Waals surface area contributed by atoms with E-state index in [0.717, 1.165) is 10.9 Å². The maximum Gasteiger partial charge on any atom is 0.254 e. The summed E-state index contributed by atoms with van der Waals surface area (Å²) in [4.78, 5) is 14.0. The highest BCUT2D eigenvalue weighted by Crippen LogP contribution is 2.27. The van der Waals surface area contributed by atoms with Gasteiger partial charge in [0.05, 0.1) is 18.2 Å². The molecule has 2 aromatic rings. The molecular weight excluding hydrogens is 202 g/mol. The first-order valence-electron chi connectivity index (χ1n) is 4.08. The third-order valence-corrected chi connectivity index (χ3v) is 2.31. The van der Waals surface area contributed by atoms with Crippen LogP contribution >= 0.6 is 11.6 Å². The van der Waals surface area contributed by atoms with Gasteiger partial charge in [-0.1, -0.05) is 12.1 Å². The first kappa shape index (κ1) is 9.09. The van der Waals surface area contributed by atoms with Crippen molar-refractivity contribution in [2.24, 2.45) is 0 Å². The summed E-state index contributed by atoms with van der Waals surface area (Å²) < 4.78 is 5.13. The summed E-state index contributed by atoms with van der Waals surface area (Å²) in [7, 11) is 1.58. The summed E-state index contributed by atoms with van der Waals surface area (Å²) >= 11 is 5.42. The van der Waals surface area contributed by atoms with Crippen LogP contribution in [-0.2, 0) is 0 Å². The molecule has 1 aromatic carbocycles. The number of aromatic nitrogens is 1. The van der Waals surface area contributed by atoms with Crippen molar-refractivity contribution in [2.45, 2.75) is 0 Å². The Morgan fingerprint density at radius 1 is 1.50 bits per heavy atom. The Kier molecular flexibility index (Phi) is 2.17. The Labute approximate surface area is 85.6 Å². The number of fused-ring (bicyclic) bond motifs is 1. The Morgan fingerprint density at radius 3 is 2.93 bits per heavy atom. The molecule has 0 aliphatic carbocycles. The summed E-state index contributed by atoms with van der Waals surface area (Å²) in [6, 6.07) is 5.46. The van der Waals surface area contributed by atoms with E-state index in [4.69, 9.17) is 16.3 Å². The van der Waals surface area contributed by atoms with Gasteiger partial charge in [-0.05, 0) is 17.7 Å². The number of H-pyrrole nitrogens is 1. The maximum atomic E-state index is 11.0. The standard InChI is InChI=1S/C10H8ClNO2/c1-14-8-4-2-3-6-7(10(11)13)5-12-9(6)8/h2-5,12H,1H3. The van der Waals surface area contributed by atoms with Crippen LogP contribution in [0.4, 0.5) is 0 Å². The van der Waals surface area contributed by atoms with Crippen molar-refractivity contribution in [1.29, 1.82) is 0 Å². The van der Waals surface area contributed by atoms with E-state index in [2.05, 4.69) is 4.98 Å². The number of halogens is 1. The number of carbonyl (C=O) groups is 1. The van der Waals surface area contributed by atoms with Crippen molar-refractivity contribution in [1.82, 2.24) is 4.98 Å². The van der Waals surface area contributed by atoms with E-state index in [1.807, 2.05) is 18.2 Å². The molecule has 3 nitrogen and oxygen atoms in total. The molecule has 14 heavy (non-hydrogen) atoms. The molecule has 1 N–H and O–H groups in total. The first-order chi connectivity index (χ1) is 6.74.